The molecule has 0 saturated carbocycles. The van der Waals surface area contributed by atoms with Crippen molar-refractivity contribution in [1.82, 2.24) is 15.2 Å². The van der Waals surface area contributed by atoms with Gasteiger partial charge in [0.2, 0.25) is 6.79 Å². The van der Waals surface area contributed by atoms with Crippen molar-refractivity contribution in [1.29, 1.82) is 0 Å². The summed E-state index contributed by atoms with van der Waals surface area (Å²) in [5.74, 6) is -2.90. The molecular weight excluding hydrogens is 955 g/mol. The highest BCUT2D eigenvalue weighted by Crippen LogP contribution is 2.43. The first-order valence-electron chi connectivity index (χ1n) is 22.7. The number of thiazole rings is 1. The molecule has 3 aliphatic rings. The molecule has 2 N–H and O–H groups in total. The van der Waals surface area contributed by atoms with E-state index in [2.05, 4.69) is 15.8 Å². The number of ether oxygens (including phenoxy) is 4. The normalized spacial score (nSPS) is 16.1. The zero-order chi connectivity index (χ0) is 49.6. The van der Waals surface area contributed by atoms with Gasteiger partial charge in [-0.25, -0.2) is 14.6 Å². The van der Waals surface area contributed by atoms with Crippen molar-refractivity contribution in [3.05, 3.63) is 226 Å². The van der Waals surface area contributed by atoms with E-state index in [1.54, 1.807) is 11.4 Å². The summed E-state index contributed by atoms with van der Waals surface area (Å²) >= 11 is 2.45. The van der Waals surface area contributed by atoms with Crippen LogP contribution in [0.5, 0.6) is 11.5 Å². The summed E-state index contributed by atoms with van der Waals surface area (Å²) < 4.78 is 22.4. The third-order valence-electron chi connectivity index (χ3n) is 12.1. The smallest absolute Gasteiger partial charge is 0.365 e. The number of oxime groups is 1. The van der Waals surface area contributed by atoms with E-state index in [4.69, 9.17) is 28.8 Å². The van der Waals surface area contributed by atoms with E-state index in [9.17, 15) is 24.0 Å². The Bertz CT molecular complexity index is 3080. The van der Waals surface area contributed by atoms with Crippen LogP contribution in [0.25, 0.3) is 0 Å². The molecule has 3 aliphatic heterocycles. The SMILES string of the molecule is CC(=O)OCC1=C(C(=O)OC(c2ccccc2)c2ccccc2)N2C(=O)[C@@H](NC(=O)C(=NOC(=O)c3ccc4c(c3)OCO4)c3csc(NC(c4ccccc4)(c4ccccc4)c4ccccc4)n3)[C@H]2SC1. The number of fused-ring (bicyclic) bond motifs is 2. The minimum Gasteiger partial charge on any atom is -0.461 e. The first kappa shape index (κ1) is 47.2. The second-order valence-electron chi connectivity index (χ2n) is 16.6. The summed E-state index contributed by atoms with van der Waals surface area (Å²) in [5, 5.41) is 11.8. The van der Waals surface area contributed by atoms with Crippen molar-refractivity contribution < 1.29 is 47.8 Å². The van der Waals surface area contributed by atoms with Crippen molar-refractivity contribution in [2.24, 2.45) is 5.16 Å². The maximum absolute atomic E-state index is 14.7. The molecule has 1 saturated heterocycles. The molecule has 0 radical (unpaired) electrons. The molecule has 7 aromatic rings. The van der Waals surface area contributed by atoms with Crippen molar-refractivity contribution >= 4 is 63.7 Å². The molecule has 6 aromatic carbocycles. The van der Waals surface area contributed by atoms with Gasteiger partial charge in [-0.3, -0.25) is 19.3 Å². The van der Waals surface area contributed by atoms with Crippen LogP contribution in [-0.2, 0) is 39.0 Å². The summed E-state index contributed by atoms with van der Waals surface area (Å²) in [6.45, 7) is 0.964. The fourth-order valence-electron chi connectivity index (χ4n) is 8.68. The molecular formula is C55H43N5O10S2. The number of thioether (sulfide) groups is 1. The summed E-state index contributed by atoms with van der Waals surface area (Å²) in [5.41, 5.74) is 3.08. The lowest BCUT2D eigenvalue weighted by Crippen LogP contribution is -2.71. The van der Waals surface area contributed by atoms with Crippen molar-refractivity contribution in [2.45, 2.75) is 30.0 Å². The van der Waals surface area contributed by atoms with E-state index in [1.165, 1.54) is 47.1 Å². The molecule has 17 heteroatoms. The van der Waals surface area contributed by atoms with Crippen LogP contribution in [0.4, 0.5) is 5.13 Å². The lowest BCUT2D eigenvalue weighted by atomic mass is 9.77. The molecule has 360 valence electrons. The highest BCUT2D eigenvalue weighted by atomic mass is 32.2. The van der Waals surface area contributed by atoms with E-state index >= 15 is 0 Å². The molecule has 72 heavy (non-hydrogen) atoms. The average Bonchev–Trinajstić information content (AvgIpc) is 4.11. The number of nitrogens with one attached hydrogen (secondary N) is 2. The van der Waals surface area contributed by atoms with Gasteiger partial charge in [0.1, 0.15) is 35.0 Å². The lowest BCUT2D eigenvalue weighted by Gasteiger charge is -2.49. The predicted octanol–water partition coefficient (Wildman–Crippen LogP) is 8.39. The summed E-state index contributed by atoms with van der Waals surface area (Å²) in [6.07, 6.45) is -0.850. The number of carbonyl (C=O) groups is 5. The zero-order valence-electron chi connectivity index (χ0n) is 38.3. The van der Waals surface area contributed by atoms with Crippen LogP contribution >= 0.6 is 23.1 Å². The molecule has 0 bridgehead atoms. The van der Waals surface area contributed by atoms with Gasteiger partial charge >= 0.3 is 17.9 Å². The van der Waals surface area contributed by atoms with Gasteiger partial charge < -0.3 is 34.4 Å². The van der Waals surface area contributed by atoms with E-state index in [-0.39, 0.29) is 36.1 Å². The van der Waals surface area contributed by atoms with Gasteiger partial charge in [0.25, 0.3) is 11.8 Å². The molecule has 15 nitrogen and oxygen atoms in total. The summed E-state index contributed by atoms with van der Waals surface area (Å²) in [6, 6.07) is 51.3. The van der Waals surface area contributed by atoms with Gasteiger partial charge in [0.15, 0.2) is 28.4 Å². The molecule has 10 rings (SSSR count). The third-order valence-corrected chi connectivity index (χ3v) is 14.2. The Labute approximate surface area is 421 Å². The number of rotatable bonds is 16. The van der Waals surface area contributed by atoms with E-state index in [0.29, 0.717) is 33.3 Å². The number of esters is 2. The Balaban J connectivity index is 0.966. The predicted molar refractivity (Wildman–Crippen MR) is 269 cm³/mol. The lowest BCUT2D eigenvalue weighted by molar-refractivity contribution is -0.154. The third kappa shape index (κ3) is 9.54. The number of anilines is 1. The quantitative estimate of drug-likeness (QED) is 0.0235. The number of nitrogens with zero attached hydrogens (tertiary/aromatic N) is 3. The Morgan fingerprint density at radius 1 is 0.764 bits per heavy atom. The fourth-order valence-corrected chi connectivity index (χ4v) is 10.8. The fraction of sp³-hybridized carbons (Fsp3) is 0.145. The van der Waals surface area contributed by atoms with E-state index in [0.717, 1.165) is 16.7 Å². The molecule has 0 aliphatic carbocycles. The number of hydrogen-bond donors (Lipinski definition) is 2. The van der Waals surface area contributed by atoms with Gasteiger partial charge in [-0.2, -0.15) is 0 Å². The summed E-state index contributed by atoms with van der Waals surface area (Å²) in [7, 11) is 0. The van der Waals surface area contributed by atoms with Crippen LogP contribution in [0, 0.1) is 0 Å². The minimum atomic E-state index is -1.19. The van der Waals surface area contributed by atoms with Crippen molar-refractivity contribution in [3.8, 4) is 11.5 Å². The first-order valence-corrected chi connectivity index (χ1v) is 24.6. The van der Waals surface area contributed by atoms with Crippen LogP contribution in [0.1, 0.15) is 56.9 Å². The standard InChI is InChI=1S/C55H43N5O10S2/c1-34(61)66-30-38-31-71-51-46(50(63)60(51)47(38)53(65)69-48(35-17-7-2-8-18-35)36-19-9-3-10-20-36)57-49(62)45(59-70-52(64)37-27-28-43-44(29-37)68-33-67-43)42-32-72-54(56-42)58-55(39-21-11-4-12-22-39,40-23-13-5-14-24-40)41-25-15-6-16-26-41/h2-29,32,46,48,51H,30-31,33H2,1H3,(H,56,58)(H,57,62)/t46-,51-/m1/s1. The van der Waals surface area contributed by atoms with Gasteiger partial charge in [-0.05, 0) is 46.0 Å². The van der Waals surface area contributed by atoms with E-state index in [1.807, 2.05) is 152 Å². The second-order valence-corrected chi connectivity index (χ2v) is 18.6. The molecule has 1 aromatic heterocycles. The first-order chi connectivity index (χ1) is 35.2. The minimum absolute atomic E-state index is 0.0128. The molecule has 2 amide bonds. The largest absolute Gasteiger partial charge is 0.461 e. The number of aromatic nitrogens is 1. The van der Waals surface area contributed by atoms with Gasteiger partial charge in [0.05, 0.1) is 5.56 Å². The van der Waals surface area contributed by atoms with Crippen molar-refractivity contribution in [2.75, 3.05) is 24.5 Å². The number of β-lactam (4-membered cyclic amide) rings is 1. The Kier molecular flexibility index (Phi) is 13.6. The van der Waals surface area contributed by atoms with E-state index < -0.39 is 58.5 Å². The Morgan fingerprint density at radius 2 is 1.33 bits per heavy atom. The zero-order valence-corrected chi connectivity index (χ0v) is 40.0. The van der Waals surface area contributed by atoms with Gasteiger partial charge in [-0.1, -0.05) is 157 Å². The number of hydrogen-bond acceptors (Lipinski definition) is 15. The van der Waals surface area contributed by atoms with Crippen LogP contribution in [0.2, 0.25) is 0 Å². The highest BCUT2D eigenvalue weighted by molar-refractivity contribution is 8.00. The maximum atomic E-state index is 14.7. The highest BCUT2D eigenvalue weighted by Gasteiger charge is 2.55. The molecule has 2 atom stereocenters. The summed E-state index contributed by atoms with van der Waals surface area (Å²) in [4.78, 5) is 80.7. The van der Waals surface area contributed by atoms with Gasteiger partial charge in [-0.15, -0.1) is 23.1 Å². The van der Waals surface area contributed by atoms with Gasteiger partial charge in [0, 0.05) is 23.6 Å². The monoisotopic (exact) mass is 997 g/mol. The van der Waals surface area contributed by atoms with Crippen LogP contribution in [0.15, 0.2) is 192 Å². The topological polar surface area (TPSA) is 184 Å². The molecule has 0 spiro atoms. The average molecular weight is 998 g/mol. The van der Waals surface area contributed by atoms with Crippen LogP contribution in [-0.4, -0.2) is 75.9 Å². The Morgan fingerprint density at radius 3 is 1.92 bits per heavy atom. The van der Waals surface area contributed by atoms with Crippen LogP contribution in [0.3, 0.4) is 0 Å². The maximum Gasteiger partial charge on any atom is 0.365 e. The number of carbonyl (C=O) groups excluding carboxylic acids is 5. The van der Waals surface area contributed by atoms with Crippen molar-refractivity contribution in [3.63, 3.8) is 0 Å². The van der Waals surface area contributed by atoms with Crippen LogP contribution < -0.4 is 20.1 Å². The number of benzene rings is 6. The molecule has 4 heterocycles. The Hall–Kier alpha value is -8.54. The number of amides is 2. The second kappa shape index (κ2) is 20.8. The molecule has 1 fully saturated rings. The molecule has 0 unspecified atom stereocenters.